The minimum atomic E-state index is -4.31. The van der Waals surface area contributed by atoms with Gasteiger partial charge < -0.3 is 10.1 Å². The van der Waals surface area contributed by atoms with Gasteiger partial charge in [-0.25, -0.2) is 0 Å². The van der Waals surface area contributed by atoms with Gasteiger partial charge >= 0.3 is 6.18 Å². The molecule has 1 N–H and O–H groups in total. The molecule has 1 aliphatic rings. The van der Waals surface area contributed by atoms with Crippen LogP contribution in [0.4, 0.5) is 13.2 Å². The van der Waals surface area contributed by atoms with Crippen LogP contribution in [-0.4, -0.2) is 19.7 Å². The first kappa shape index (κ1) is 12.2. The molecule has 0 atom stereocenters. The second-order valence-electron chi connectivity index (χ2n) is 4.19. The third-order valence-electron chi connectivity index (χ3n) is 2.82. The predicted octanol–water partition coefficient (Wildman–Crippen LogP) is 2.69. The zero-order valence-electron chi connectivity index (χ0n) is 9.26. The number of rotatable bonds is 4. The molecule has 17 heavy (non-hydrogen) atoms. The lowest BCUT2D eigenvalue weighted by molar-refractivity contribution is -0.137. The lowest BCUT2D eigenvalue weighted by Gasteiger charge is -2.26. The van der Waals surface area contributed by atoms with E-state index in [0.29, 0.717) is 12.5 Å². The van der Waals surface area contributed by atoms with Crippen molar-refractivity contribution < 1.29 is 17.9 Å². The Kier molecular flexibility index (Phi) is 3.57. The smallest absolute Gasteiger partial charge is 0.416 e. The molecule has 0 spiro atoms. The zero-order chi connectivity index (χ0) is 12.3. The van der Waals surface area contributed by atoms with Crippen LogP contribution >= 0.6 is 0 Å². The number of hydrogen-bond acceptors (Lipinski definition) is 2. The van der Waals surface area contributed by atoms with Crippen LogP contribution in [0.15, 0.2) is 24.3 Å². The Balaban J connectivity index is 1.87. The van der Waals surface area contributed by atoms with E-state index in [4.69, 9.17) is 4.74 Å². The molecule has 1 aromatic carbocycles. The molecule has 0 amide bonds. The van der Waals surface area contributed by atoms with Gasteiger partial charge in [-0.3, -0.25) is 0 Å². The van der Waals surface area contributed by atoms with Crippen molar-refractivity contribution in [3.8, 4) is 5.75 Å². The molecule has 1 aromatic rings. The third kappa shape index (κ3) is 3.36. The molecule has 1 fully saturated rings. The summed E-state index contributed by atoms with van der Waals surface area (Å²) in [6, 6.07) is 5.00. The van der Waals surface area contributed by atoms with E-state index in [1.807, 2.05) is 0 Å². The van der Waals surface area contributed by atoms with E-state index in [1.165, 1.54) is 6.07 Å². The maximum absolute atomic E-state index is 12.4. The van der Waals surface area contributed by atoms with Crippen LogP contribution in [0, 0.1) is 5.92 Å². The number of nitrogens with one attached hydrogen (secondary N) is 1. The highest BCUT2D eigenvalue weighted by Crippen LogP contribution is 2.31. The van der Waals surface area contributed by atoms with E-state index >= 15 is 0 Å². The first-order valence-corrected chi connectivity index (χ1v) is 5.56. The van der Waals surface area contributed by atoms with Gasteiger partial charge in [-0.2, -0.15) is 13.2 Å². The van der Waals surface area contributed by atoms with Crippen LogP contribution in [0.1, 0.15) is 12.0 Å². The Morgan fingerprint density at radius 3 is 2.65 bits per heavy atom. The Labute approximate surface area is 97.8 Å². The van der Waals surface area contributed by atoms with Gasteiger partial charge in [0.1, 0.15) is 5.75 Å². The van der Waals surface area contributed by atoms with Crippen LogP contribution in [0.2, 0.25) is 0 Å². The van der Waals surface area contributed by atoms with Crippen molar-refractivity contribution in [2.75, 3.05) is 19.7 Å². The van der Waals surface area contributed by atoms with Crippen LogP contribution in [0.25, 0.3) is 0 Å². The predicted molar refractivity (Wildman–Crippen MR) is 57.9 cm³/mol. The van der Waals surface area contributed by atoms with Gasteiger partial charge in [-0.1, -0.05) is 6.07 Å². The Morgan fingerprint density at radius 1 is 1.29 bits per heavy atom. The summed E-state index contributed by atoms with van der Waals surface area (Å²) < 4.78 is 42.6. The van der Waals surface area contributed by atoms with Crippen LogP contribution in [-0.2, 0) is 6.18 Å². The van der Waals surface area contributed by atoms with Gasteiger partial charge in [0.25, 0.3) is 0 Å². The second-order valence-corrected chi connectivity index (χ2v) is 4.19. The van der Waals surface area contributed by atoms with E-state index in [0.717, 1.165) is 31.6 Å². The van der Waals surface area contributed by atoms with Crippen molar-refractivity contribution in [2.45, 2.75) is 12.6 Å². The van der Waals surface area contributed by atoms with Crippen LogP contribution in [0.5, 0.6) is 5.75 Å². The summed E-state index contributed by atoms with van der Waals surface area (Å²) in [5.74, 6) is 0.882. The number of alkyl halides is 3. The van der Waals surface area contributed by atoms with Crippen molar-refractivity contribution in [3.63, 3.8) is 0 Å². The first-order valence-electron chi connectivity index (χ1n) is 5.56. The SMILES string of the molecule is FC(F)(F)c1cccc(OCCC2CNC2)c1. The molecule has 1 saturated heterocycles. The molecular weight excluding hydrogens is 231 g/mol. The van der Waals surface area contributed by atoms with Gasteiger partial charge in [0, 0.05) is 0 Å². The van der Waals surface area contributed by atoms with Crippen molar-refractivity contribution in [2.24, 2.45) is 5.92 Å². The molecule has 0 aromatic heterocycles. The summed E-state index contributed by atoms with van der Waals surface area (Å²) in [5, 5.41) is 3.13. The summed E-state index contributed by atoms with van der Waals surface area (Å²) in [4.78, 5) is 0. The third-order valence-corrected chi connectivity index (χ3v) is 2.82. The standard InChI is InChI=1S/C12H14F3NO/c13-12(14,15)10-2-1-3-11(6-10)17-5-4-9-7-16-8-9/h1-3,6,9,16H,4-5,7-8H2. The van der Waals surface area contributed by atoms with Crippen molar-refractivity contribution in [1.82, 2.24) is 5.32 Å². The minimum absolute atomic E-state index is 0.284. The fourth-order valence-corrected chi connectivity index (χ4v) is 1.66. The molecule has 1 aliphatic heterocycles. The van der Waals surface area contributed by atoms with Crippen molar-refractivity contribution in [1.29, 1.82) is 0 Å². The van der Waals surface area contributed by atoms with E-state index < -0.39 is 11.7 Å². The monoisotopic (exact) mass is 245 g/mol. The maximum Gasteiger partial charge on any atom is 0.416 e. The fourth-order valence-electron chi connectivity index (χ4n) is 1.66. The van der Waals surface area contributed by atoms with Crippen LogP contribution < -0.4 is 10.1 Å². The largest absolute Gasteiger partial charge is 0.494 e. The van der Waals surface area contributed by atoms with E-state index in [9.17, 15) is 13.2 Å². The Bertz CT molecular complexity index is 374. The van der Waals surface area contributed by atoms with E-state index in [1.54, 1.807) is 6.07 Å². The quantitative estimate of drug-likeness (QED) is 0.880. The summed E-state index contributed by atoms with van der Waals surface area (Å²) in [6.45, 7) is 2.42. The van der Waals surface area contributed by atoms with E-state index in [2.05, 4.69) is 5.32 Å². The molecule has 0 aliphatic carbocycles. The Morgan fingerprint density at radius 2 is 2.06 bits per heavy atom. The van der Waals surface area contributed by atoms with Gasteiger partial charge in [0.15, 0.2) is 0 Å². The molecule has 94 valence electrons. The molecule has 5 heteroatoms. The summed E-state index contributed by atoms with van der Waals surface area (Å²) in [6.07, 6.45) is -3.43. The molecule has 1 heterocycles. The molecule has 0 unspecified atom stereocenters. The highest BCUT2D eigenvalue weighted by Gasteiger charge is 2.30. The lowest BCUT2D eigenvalue weighted by Crippen LogP contribution is -2.42. The average Bonchev–Trinajstić information content (AvgIpc) is 2.21. The normalized spacial score (nSPS) is 16.6. The molecule has 0 bridgehead atoms. The lowest BCUT2D eigenvalue weighted by atomic mass is 10.0. The molecule has 2 rings (SSSR count). The number of ether oxygens (including phenoxy) is 1. The highest BCUT2D eigenvalue weighted by molar-refractivity contribution is 5.30. The van der Waals surface area contributed by atoms with Crippen LogP contribution in [0.3, 0.4) is 0 Å². The molecule has 2 nitrogen and oxygen atoms in total. The number of benzene rings is 1. The van der Waals surface area contributed by atoms with Gasteiger partial charge in [-0.05, 0) is 43.6 Å². The first-order chi connectivity index (χ1) is 8.05. The number of hydrogen-bond donors (Lipinski definition) is 1. The van der Waals surface area contributed by atoms with E-state index in [-0.39, 0.29) is 5.75 Å². The van der Waals surface area contributed by atoms with Gasteiger partial charge in [0.05, 0.1) is 12.2 Å². The van der Waals surface area contributed by atoms with Crippen molar-refractivity contribution >= 4 is 0 Å². The van der Waals surface area contributed by atoms with Gasteiger partial charge in [-0.15, -0.1) is 0 Å². The molecule has 0 saturated carbocycles. The minimum Gasteiger partial charge on any atom is -0.494 e. The summed E-state index contributed by atoms with van der Waals surface area (Å²) in [5.41, 5.74) is -0.666. The average molecular weight is 245 g/mol. The zero-order valence-corrected chi connectivity index (χ0v) is 9.26. The molecule has 0 radical (unpaired) electrons. The van der Waals surface area contributed by atoms with Crippen molar-refractivity contribution in [3.05, 3.63) is 29.8 Å². The topological polar surface area (TPSA) is 21.3 Å². The Hall–Kier alpha value is -1.23. The summed E-state index contributed by atoms with van der Waals surface area (Å²) in [7, 11) is 0. The highest BCUT2D eigenvalue weighted by atomic mass is 19.4. The fraction of sp³-hybridized carbons (Fsp3) is 0.500. The van der Waals surface area contributed by atoms with Gasteiger partial charge in [0.2, 0.25) is 0 Å². The second kappa shape index (κ2) is 4.96. The maximum atomic E-state index is 12.4. The summed E-state index contributed by atoms with van der Waals surface area (Å²) >= 11 is 0. The number of halogens is 3. The molecular formula is C12H14F3NO.